The predicted octanol–water partition coefficient (Wildman–Crippen LogP) is 0.995. The van der Waals surface area contributed by atoms with Crippen LogP contribution in [0.5, 0.6) is 0 Å². The van der Waals surface area contributed by atoms with E-state index in [9.17, 15) is 0 Å². The number of hydrogen-bond donors (Lipinski definition) is 4. The van der Waals surface area contributed by atoms with Gasteiger partial charge in [-0.15, -0.1) is 0 Å². The first kappa shape index (κ1) is 17.5. The Balaban J connectivity index is -0.000000117. The molecule has 1 aromatic heterocycles. The van der Waals surface area contributed by atoms with Crippen molar-refractivity contribution in [2.75, 3.05) is 0 Å². The molecule has 1 heterocycles. The van der Waals surface area contributed by atoms with Crippen LogP contribution in [-0.2, 0) is 23.2 Å². The molecule has 0 saturated carbocycles. The van der Waals surface area contributed by atoms with Gasteiger partial charge < -0.3 is 0 Å². The van der Waals surface area contributed by atoms with Gasteiger partial charge in [0.15, 0.2) is 0 Å². The molecule has 0 aliphatic heterocycles. The summed E-state index contributed by atoms with van der Waals surface area (Å²) >= 11 is 0.700. The van der Waals surface area contributed by atoms with E-state index in [1.54, 1.807) is 12.4 Å². The van der Waals surface area contributed by atoms with Crippen molar-refractivity contribution in [3.63, 3.8) is 0 Å². The quantitative estimate of drug-likeness (QED) is 0.314. The molecule has 0 radical (unpaired) electrons. The molecule has 7 heteroatoms. The molecule has 0 aromatic carbocycles. The summed E-state index contributed by atoms with van der Waals surface area (Å²) in [7, 11) is 0. The van der Waals surface area contributed by atoms with Crippen molar-refractivity contribution >= 4 is 0 Å². The standard InChI is InChI=1S/C5H5N.Mo.2H2O2.O/c1-2-4-6-5-3-1;;2*1-2;/h1-5H;;2*1-2H;. The van der Waals surface area contributed by atoms with E-state index in [4.69, 9.17) is 24.4 Å². The Labute approximate surface area is 80.2 Å². The SMILES string of the molecule is OO.OO.[O]=[Mo].c1ccncc1. The Morgan fingerprint density at radius 2 is 1.17 bits per heavy atom. The molecule has 1 rings (SSSR count). The Bertz CT molecular complexity index is 103. The molecule has 0 unspecified atom stereocenters. The third-order valence-corrected chi connectivity index (χ3v) is 0.566. The van der Waals surface area contributed by atoms with E-state index in [0.29, 0.717) is 19.8 Å². The van der Waals surface area contributed by atoms with Crippen molar-refractivity contribution in [1.29, 1.82) is 0 Å². The molecular formula is C5H9MoNO5. The van der Waals surface area contributed by atoms with Crippen molar-refractivity contribution in [3.8, 4) is 0 Å². The minimum absolute atomic E-state index is 0.700. The molecule has 0 atom stereocenters. The molecule has 0 saturated heterocycles. The van der Waals surface area contributed by atoms with Crippen molar-refractivity contribution < 1.29 is 44.2 Å². The fraction of sp³-hybridized carbons (Fsp3) is 0. The predicted molar refractivity (Wildman–Crippen MR) is 35.4 cm³/mol. The van der Waals surface area contributed by atoms with Crippen LogP contribution < -0.4 is 0 Å². The third kappa shape index (κ3) is 22.7. The van der Waals surface area contributed by atoms with Crippen LogP contribution >= 0.6 is 0 Å². The van der Waals surface area contributed by atoms with Gasteiger partial charge in [-0.1, -0.05) is 6.07 Å². The van der Waals surface area contributed by atoms with Crippen LogP contribution in [0.4, 0.5) is 0 Å². The molecule has 0 aliphatic carbocycles. The van der Waals surface area contributed by atoms with Crippen molar-refractivity contribution in [3.05, 3.63) is 30.6 Å². The molecule has 0 aliphatic rings. The smallest absolute Gasteiger partial charge is 0.0267 e. The van der Waals surface area contributed by atoms with Gasteiger partial charge in [-0.05, 0) is 12.1 Å². The number of rotatable bonds is 0. The van der Waals surface area contributed by atoms with E-state index in [0.717, 1.165) is 0 Å². The second-order valence-electron chi connectivity index (χ2n) is 1.02. The maximum Gasteiger partial charge on any atom is 0.0267 e. The van der Waals surface area contributed by atoms with E-state index in [1.165, 1.54) is 0 Å². The summed E-state index contributed by atoms with van der Waals surface area (Å²) in [6, 6.07) is 5.72. The molecule has 0 amide bonds. The summed E-state index contributed by atoms with van der Waals surface area (Å²) < 4.78 is 8.26. The monoisotopic (exact) mass is 261 g/mol. The van der Waals surface area contributed by atoms with Crippen LogP contribution in [0.1, 0.15) is 0 Å². The van der Waals surface area contributed by atoms with E-state index >= 15 is 0 Å². The summed E-state index contributed by atoms with van der Waals surface area (Å²) in [5.41, 5.74) is 0. The second kappa shape index (κ2) is 31.4. The molecule has 4 N–H and O–H groups in total. The van der Waals surface area contributed by atoms with Gasteiger partial charge in [-0.25, -0.2) is 0 Å². The Morgan fingerprint density at radius 1 is 0.833 bits per heavy atom. The van der Waals surface area contributed by atoms with Crippen molar-refractivity contribution in [1.82, 2.24) is 4.98 Å². The zero-order valence-corrected chi connectivity index (χ0v) is 7.95. The van der Waals surface area contributed by atoms with Gasteiger partial charge in [-0.3, -0.25) is 26.0 Å². The van der Waals surface area contributed by atoms with E-state index in [2.05, 4.69) is 4.98 Å². The summed E-state index contributed by atoms with van der Waals surface area (Å²) in [6.45, 7) is 0. The maximum atomic E-state index is 8.26. The van der Waals surface area contributed by atoms with E-state index in [1.807, 2.05) is 18.2 Å². The topological polar surface area (TPSA) is 111 Å². The van der Waals surface area contributed by atoms with Crippen LogP contribution in [-0.4, -0.2) is 26.0 Å². The van der Waals surface area contributed by atoms with Gasteiger partial charge in [0.1, 0.15) is 0 Å². The fourth-order valence-electron chi connectivity index (χ4n) is 0.313. The average molecular weight is 259 g/mol. The number of hydrogen-bond acceptors (Lipinski definition) is 6. The van der Waals surface area contributed by atoms with Gasteiger partial charge in [0.25, 0.3) is 0 Å². The molecule has 0 bridgehead atoms. The Hall–Kier alpha value is -0.522. The summed E-state index contributed by atoms with van der Waals surface area (Å²) in [5, 5.41) is 24.0. The number of aromatic nitrogens is 1. The number of pyridine rings is 1. The van der Waals surface area contributed by atoms with Crippen LogP contribution in [0.15, 0.2) is 30.6 Å². The van der Waals surface area contributed by atoms with E-state index in [-0.39, 0.29) is 0 Å². The van der Waals surface area contributed by atoms with Crippen molar-refractivity contribution in [2.45, 2.75) is 0 Å². The third-order valence-electron chi connectivity index (χ3n) is 0.566. The minimum atomic E-state index is 0.700. The Morgan fingerprint density at radius 3 is 1.25 bits per heavy atom. The average Bonchev–Trinajstić information content (AvgIpc) is 2.29. The van der Waals surface area contributed by atoms with Gasteiger partial charge in [0.2, 0.25) is 0 Å². The normalized spacial score (nSPS) is 5.33. The second-order valence-corrected chi connectivity index (χ2v) is 1.02. The molecule has 12 heavy (non-hydrogen) atoms. The van der Waals surface area contributed by atoms with Gasteiger partial charge >= 0.3 is 23.2 Å². The molecule has 0 spiro atoms. The molecular weight excluding hydrogens is 250 g/mol. The minimum Gasteiger partial charge on any atom is -0.265 e. The molecule has 1 aromatic rings. The maximum absolute atomic E-state index is 8.26. The fourth-order valence-corrected chi connectivity index (χ4v) is 0.313. The summed E-state index contributed by atoms with van der Waals surface area (Å²) in [6.07, 6.45) is 3.50. The first-order chi connectivity index (χ1) is 6.00. The van der Waals surface area contributed by atoms with Crippen LogP contribution in [0.25, 0.3) is 0 Å². The van der Waals surface area contributed by atoms with E-state index < -0.39 is 0 Å². The van der Waals surface area contributed by atoms with Crippen LogP contribution in [0, 0.1) is 0 Å². The Kier molecular flexibility index (Phi) is 45.8. The molecule has 70 valence electrons. The largest absolute Gasteiger partial charge is 0.265 e. The first-order valence-corrected chi connectivity index (χ1v) is 3.24. The summed E-state index contributed by atoms with van der Waals surface area (Å²) in [4.78, 5) is 3.78. The zero-order chi connectivity index (χ0) is 10.2. The van der Waals surface area contributed by atoms with Gasteiger partial charge in [0, 0.05) is 12.4 Å². The zero-order valence-electron chi connectivity index (χ0n) is 5.94. The summed E-state index contributed by atoms with van der Waals surface area (Å²) in [5.74, 6) is 0. The molecule has 6 nitrogen and oxygen atoms in total. The van der Waals surface area contributed by atoms with Crippen LogP contribution in [0.2, 0.25) is 0 Å². The van der Waals surface area contributed by atoms with Gasteiger partial charge in [-0.2, -0.15) is 0 Å². The number of nitrogens with zero attached hydrogens (tertiary/aromatic N) is 1. The molecule has 0 fully saturated rings. The van der Waals surface area contributed by atoms with Crippen LogP contribution in [0.3, 0.4) is 0 Å². The van der Waals surface area contributed by atoms with Crippen molar-refractivity contribution in [2.24, 2.45) is 0 Å². The first-order valence-electron chi connectivity index (χ1n) is 2.42. The van der Waals surface area contributed by atoms with Gasteiger partial charge in [0.05, 0.1) is 0 Å².